The second-order valence-electron chi connectivity index (χ2n) is 7.20. The Balaban J connectivity index is 1.35. The van der Waals surface area contributed by atoms with E-state index in [1.54, 1.807) is 6.07 Å². The van der Waals surface area contributed by atoms with E-state index < -0.39 is 0 Å². The molecule has 1 aromatic heterocycles. The van der Waals surface area contributed by atoms with Crippen molar-refractivity contribution >= 4 is 5.91 Å². The number of fused-ring (bicyclic) bond motifs is 1. The first-order valence-electron chi connectivity index (χ1n) is 9.34. The molecule has 2 aliphatic rings. The predicted octanol–water partition coefficient (Wildman–Crippen LogP) is 1.78. The van der Waals surface area contributed by atoms with Crippen molar-refractivity contribution in [2.75, 3.05) is 26.2 Å². The van der Waals surface area contributed by atoms with E-state index in [-0.39, 0.29) is 17.6 Å². The van der Waals surface area contributed by atoms with Crippen molar-refractivity contribution in [1.82, 2.24) is 25.2 Å². The van der Waals surface area contributed by atoms with Crippen LogP contribution in [0.5, 0.6) is 0 Å². The Bertz CT molecular complexity index is 777. The minimum Gasteiger partial charge on any atom is -0.341 e. The lowest BCUT2D eigenvalue weighted by Gasteiger charge is -2.28. The fourth-order valence-corrected chi connectivity index (χ4v) is 3.97. The van der Waals surface area contributed by atoms with Crippen molar-refractivity contribution in [1.29, 1.82) is 0 Å². The van der Waals surface area contributed by atoms with Crippen LogP contribution >= 0.6 is 0 Å². The van der Waals surface area contributed by atoms with Crippen LogP contribution in [0.15, 0.2) is 24.3 Å². The zero-order valence-electron chi connectivity index (χ0n) is 14.8. The number of rotatable bonds is 3. The van der Waals surface area contributed by atoms with Gasteiger partial charge in [-0.05, 0) is 25.3 Å². The lowest BCUT2D eigenvalue weighted by molar-refractivity contribution is -0.135. The van der Waals surface area contributed by atoms with Crippen LogP contribution in [0.1, 0.15) is 29.8 Å². The van der Waals surface area contributed by atoms with Gasteiger partial charge in [-0.1, -0.05) is 18.2 Å². The molecule has 2 aromatic rings. The normalized spacial score (nSPS) is 21.3. The zero-order valence-corrected chi connectivity index (χ0v) is 14.8. The molecule has 7 heteroatoms. The number of amides is 1. The molecular weight excluding hydrogens is 333 g/mol. The predicted molar refractivity (Wildman–Crippen MR) is 94.8 cm³/mol. The summed E-state index contributed by atoms with van der Waals surface area (Å²) in [6, 6.07) is 6.92. The maximum Gasteiger partial charge on any atom is 0.226 e. The Morgan fingerprint density at radius 1 is 1.15 bits per heavy atom. The van der Waals surface area contributed by atoms with Gasteiger partial charge in [-0.15, -0.1) is 0 Å². The number of H-pyrrole nitrogens is 1. The van der Waals surface area contributed by atoms with Gasteiger partial charge >= 0.3 is 0 Å². The van der Waals surface area contributed by atoms with Gasteiger partial charge in [-0.3, -0.25) is 9.69 Å². The molecule has 1 atom stereocenters. The van der Waals surface area contributed by atoms with Gasteiger partial charge in [-0.2, -0.15) is 15.4 Å². The van der Waals surface area contributed by atoms with Crippen molar-refractivity contribution in [2.45, 2.75) is 32.2 Å². The largest absolute Gasteiger partial charge is 0.341 e. The number of carbonyl (C=O) groups excluding carboxylic acids is 1. The maximum absolute atomic E-state index is 13.9. The number of halogens is 1. The summed E-state index contributed by atoms with van der Waals surface area (Å²) in [7, 11) is 0. The summed E-state index contributed by atoms with van der Waals surface area (Å²) in [6.45, 7) is 3.74. The number of nitrogens with zero attached hydrogens (tertiary/aromatic N) is 4. The number of benzene rings is 1. The van der Waals surface area contributed by atoms with E-state index in [1.807, 2.05) is 17.0 Å². The van der Waals surface area contributed by atoms with Gasteiger partial charge in [0.05, 0.1) is 11.4 Å². The summed E-state index contributed by atoms with van der Waals surface area (Å²) in [5.41, 5.74) is 2.66. The number of aromatic amines is 1. The van der Waals surface area contributed by atoms with Crippen LogP contribution in [0.3, 0.4) is 0 Å². The van der Waals surface area contributed by atoms with Crippen LogP contribution in [0.4, 0.5) is 4.39 Å². The van der Waals surface area contributed by atoms with Crippen LogP contribution in [-0.2, 0) is 24.2 Å². The summed E-state index contributed by atoms with van der Waals surface area (Å²) >= 11 is 0. The van der Waals surface area contributed by atoms with Crippen LogP contribution in [0.25, 0.3) is 0 Å². The molecular formula is C19H24FN5O. The first kappa shape index (κ1) is 17.1. The third-order valence-electron chi connectivity index (χ3n) is 5.47. The molecule has 1 aliphatic heterocycles. The summed E-state index contributed by atoms with van der Waals surface area (Å²) in [6.07, 6.45) is 3.26. The Hall–Kier alpha value is -2.28. The molecule has 6 nitrogen and oxygen atoms in total. The molecule has 0 saturated carbocycles. The first-order valence-corrected chi connectivity index (χ1v) is 9.34. The molecule has 1 saturated heterocycles. The van der Waals surface area contributed by atoms with Gasteiger partial charge in [0.15, 0.2) is 0 Å². The number of nitrogens with one attached hydrogen (secondary N) is 1. The van der Waals surface area contributed by atoms with Crippen LogP contribution in [0.2, 0.25) is 0 Å². The number of hydrogen-bond acceptors (Lipinski definition) is 4. The molecule has 2 heterocycles. The molecule has 0 radical (unpaired) electrons. The van der Waals surface area contributed by atoms with Gasteiger partial charge in [0, 0.05) is 50.6 Å². The minimum absolute atomic E-state index is 0.00529. The summed E-state index contributed by atoms with van der Waals surface area (Å²) in [4.78, 5) is 17.2. The molecule has 26 heavy (non-hydrogen) atoms. The van der Waals surface area contributed by atoms with Gasteiger partial charge in [0.1, 0.15) is 5.82 Å². The smallest absolute Gasteiger partial charge is 0.226 e. The highest BCUT2D eigenvalue weighted by molar-refractivity contribution is 5.79. The lowest BCUT2D eigenvalue weighted by Crippen LogP contribution is -2.40. The van der Waals surface area contributed by atoms with Crippen molar-refractivity contribution < 1.29 is 9.18 Å². The standard InChI is InChI=1S/C19H24FN5O/c20-16-5-2-1-4-15(16)13-24-8-3-9-25(11-10-24)19(26)14-6-7-17-18(12-14)22-23-21-17/h1-2,4-5,14H,3,6-13H2,(H,21,22,23). The molecule has 1 N–H and O–H groups in total. The fraction of sp³-hybridized carbons (Fsp3) is 0.526. The van der Waals surface area contributed by atoms with Crippen LogP contribution in [0, 0.1) is 11.7 Å². The fourth-order valence-electron chi connectivity index (χ4n) is 3.97. The number of carbonyl (C=O) groups is 1. The Morgan fingerprint density at radius 2 is 2.00 bits per heavy atom. The third-order valence-corrected chi connectivity index (χ3v) is 5.47. The molecule has 1 fully saturated rings. The summed E-state index contributed by atoms with van der Waals surface area (Å²) in [5.74, 6) is 0.0763. The summed E-state index contributed by atoms with van der Waals surface area (Å²) < 4.78 is 13.9. The third kappa shape index (κ3) is 3.62. The van der Waals surface area contributed by atoms with Crippen molar-refractivity contribution in [3.63, 3.8) is 0 Å². The monoisotopic (exact) mass is 357 g/mol. The van der Waals surface area contributed by atoms with Gasteiger partial charge in [0.25, 0.3) is 0 Å². The molecule has 0 bridgehead atoms. The molecule has 4 rings (SSSR count). The van der Waals surface area contributed by atoms with Gasteiger partial charge in [-0.25, -0.2) is 4.39 Å². The SMILES string of the molecule is O=C(C1CCc2n[nH]nc2C1)N1CCCN(Cc2ccccc2F)CC1. The lowest BCUT2D eigenvalue weighted by atomic mass is 9.88. The second-order valence-corrected chi connectivity index (χ2v) is 7.20. The first-order chi connectivity index (χ1) is 12.7. The molecule has 138 valence electrons. The Kier molecular flexibility index (Phi) is 4.97. The van der Waals surface area contributed by atoms with E-state index in [4.69, 9.17) is 0 Å². The van der Waals surface area contributed by atoms with Crippen LogP contribution < -0.4 is 0 Å². The van der Waals surface area contributed by atoms with E-state index in [2.05, 4.69) is 20.3 Å². The molecule has 1 amide bonds. The molecule has 0 spiro atoms. The van der Waals surface area contributed by atoms with Crippen molar-refractivity contribution in [3.8, 4) is 0 Å². The van der Waals surface area contributed by atoms with E-state index in [1.165, 1.54) is 6.07 Å². The Morgan fingerprint density at radius 3 is 2.88 bits per heavy atom. The van der Waals surface area contributed by atoms with E-state index in [0.717, 1.165) is 55.8 Å². The summed E-state index contributed by atoms with van der Waals surface area (Å²) in [5, 5.41) is 11.0. The highest BCUT2D eigenvalue weighted by Gasteiger charge is 2.31. The van der Waals surface area contributed by atoms with Gasteiger partial charge in [0.2, 0.25) is 5.91 Å². The topological polar surface area (TPSA) is 65.1 Å². The number of aromatic nitrogens is 3. The Labute approximate surface area is 152 Å². The van der Waals surface area contributed by atoms with Gasteiger partial charge < -0.3 is 4.90 Å². The number of aryl methyl sites for hydroxylation is 1. The zero-order chi connectivity index (χ0) is 17.9. The molecule has 1 aromatic carbocycles. The van der Waals surface area contributed by atoms with E-state index >= 15 is 0 Å². The van der Waals surface area contributed by atoms with Crippen molar-refractivity contribution in [2.24, 2.45) is 5.92 Å². The van der Waals surface area contributed by atoms with Crippen LogP contribution in [-0.4, -0.2) is 57.3 Å². The quantitative estimate of drug-likeness (QED) is 0.910. The average molecular weight is 357 g/mol. The molecule has 1 aliphatic carbocycles. The molecule has 1 unspecified atom stereocenters. The van der Waals surface area contributed by atoms with Crippen molar-refractivity contribution in [3.05, 3.63) is 47.0 Å². The highest BCUT2D eigenvalue weighted by atomic mass is 19.1. The van der Waals surface area contributed by atoms with E-state index in [0.29, 0.717) is 19.5 Å². The second kappa shape index (κ2) is 7.53. The maximum atomic E-state index is 13.9. The highest BCUT2D eigenvalue weighted by Crippen LogP contribution is 2.24. The number of hydrogen-bond donors (Lipinski definition) is 1. The average Bonchev–Trinajstić information content (AvgIpc) is 3.01. The minimum atomic E-state index is -0.157. The van der Waals surface area contributed by atoms with E-state index in [9.17, 15) is 9.18 Å².